The summed E-state index contributed by atoms with van der Waals surface area (Å²) in [4.78, 5) is 21.2. The second-order valence-corrected chi connectivity index (χ2v) is 6.16. The van der Waals surface area contributed by atoms with Crippen LogP contribution in [0.2, 0.25) is 5.02 Å². The Morgan fingerprint density at radius 3 is 2.83 bits per heavy atom. The first-order chi connectivity index (χ1) is 11.1. The minimum absolute atomic E-state index is 0.173. The second kappa shape index (κ2) is 5.38. The summed E-state index contributed by atoms with van der Waals surface area (Å²) in [6, 6.07) is 5.45. The molecule has 3 aromatic rings. The van der Waals surface area contributed by atoms with Crippen molar-refractivity contribution in [3.05, 3.63) is 35.2 Å². The number of carbonyl (C=O) groups is 1. The van der Waals surface area contributed by atoms with Gasteiger partial charge < -0.3 is 14.4 Å². The van der Waals surface area contributed by atoms with Gasteiger partial charge in [0.25, 0.3) is 0 Å². The third-order valence-corrected chi connectivity index (χ3v) is 4.63. The molecule has 3 heterocycles. The SMILES string of the molecule is O=C(O)N1CCC(c2ncnc3c2oc2ccc(Cl)cc23)CC1. The number of amides is 1. The summed E-state index contributed by atoms with van der Waals surface area (Å²) < 4.78 is 5.95. The van der Waals surface area contributed by atoms with E-state index < -0.39 is 6.09 Å². The van der Waals surface area contributed by atoms with Gasteiger partial charge in [0.1, 0.15) is 17.4 Å². The Morgan fingerprint density at radius 1 is 1.30 bits per heavy atom. The lowest BCUT2D eigenvalue weighted by atomic mass is 9.93. The highest BCUT2D eigenvalue weighted by atomic mass is 35.5. The molecule has 0 radical (unpaired) electrons. The average Bonchev–Trinajstić information content (AvgIpc) is 2.93. The molecule has 0 spiro atoms. The van der Waals surface area contributed by atoms with Crippen LogP contribution in [0.5, 0.6) is 0 Å². The third-order valence-electron chi connectivity index (χ3n) is 4.39. The first-order valence-electron chi connectivity index (χ1n) is 7.44. The van der Waals surface area contributed by atoms with Crippen LogP contribution in [0.25, 0.3) is 22.1 Å². The largest absolute Gasteiger partial charge is 0.465 e. The molecule has 2 aromatic heterocycles. The fourth-order valence-electron chi connectivity index (χ4n) is 3.20. The zero-order valence-corrected chi connectivity index (χ0v) is 13.0. The van der Waals surface area contributed by atoms with E-state index in [0.29, 0.717) is 23.7 Å². The Bertz CT molecular complexity index is 900. The molecule has 1 aliphatic rings. The van der Waals surface area contributed by atoms with Crippen LogP contribution < -0.4 is 0 Å². The smallest absolute Gasteiger partial charge is 0.407 e. The molecular weight excluding hydrogens is 318 g/mol. The molecule has 0 unspecified atom stereocenters. The zero-order valence-electron chi connectivity index (χ0n) is 12.2. The summed E-state index contributed by atoms with van der Waals surface area (Å²) in [7, 11) is 0. The fraction of sp³-hybridized carbons (Fsp3) is 0.312. The molecule has 118 valence electrons. The van der Waals surface area contributed by atoms with Gasteiger partial charge in [0.15, 0.2) is 5.58 Å². The van der Waals surface area contributed by atoms with Crippen LogP contribution in [0.1, 0.15) is 24.5 Å². The van der Waals surface area contributed by atoms with Crippen molar-refractivity contribution in [1.82, 2.24) is 14.9 Å². The lowest BCUT2D eigenvalue weighted by Gasteiger charge is -2.29. The van der Waals surface area contributed by atoms with Crippen molar-refractivity contribution in [3.63, 3.8) is 0 Å². The second-order valence-electron chi connectivity index (χ2n) is 5.72. The van der Waals surface area contributed by atoms with Crippen LogP contribution in [0.4, 0.5) is 4.79 Å². The van der Waals surface area contributed by atoms with Gasteiger partial charge in [-0.2, -0.15) is 0 Å². The highest BCUT2D eigenvalue weighted by Gasteiger charge is 2.27. The normalized spacial score (nSPS) is 16.3. The van der Waals surface area contributed by atoms with Gasteiger partial charge in [-0.3, -0.25) is 0 Å². The molecule has 23 heavy (non-hydrogen) atoms. The fourth-order valence-corrected chi connectivity index (χ4v) is 3.37. The van der Waals surface area contributed by atoms with Gasteiger partial charge in [0.05, 0.1) is 5.69 Å². The number of hydrogen-bond donors (Lipinski definition) is 1. The summed E-state index contributed by atoms with van der Waals surface area (Å²) in [5.41, 5.74) is 3.02. The van der Waals surface area contributed by atoms with Crippen LogP contribution in [0.3, 0.4) is 0 Å². The number of halogens is 1. The number of hydrogen-bond acceptors (Lipinski definition) is 4. The molecule has 4 rings (SSSR count). The molecule has 1 amide bonds. The van der Waals surface area contributed by atoms with E-state index in [1.54, 1.807) is 6.07 Å². The minimum atomic E-state index is -0.866. The molecule has 1 aliphatic heterocycles. The van der Waals surface area contributed by atoms with Gasteiger partial charge >= 0.3 is 6.09 Å². The summed E-state index contributed by atoms with van der Waals surface area (Å²) in [6.45, 7) is 1.02. The van der Waals surface area contributed by atoms with Crippen molar-refractivity contribution in [2.75, 3.05) is 13.1 Å². The van der Waals surface area contributed by atoms with Crippen LogP contribution in [-0.4, -0.2) is 39.2 Å². The maximum Gasteiger partial charge on any atom is 0.407 e. The summed E-state index contributed by atoms with van der Waals surface area (Å²) >= 11 is 6.06. The Balaban J connectivity index is 1.76. The third kappa shape index (κ3) is 2.39. The Labute approximate surface area is 136 Å². The molecule has 6 nitrogen and oxygen atoms in total. The maximum absolute atomic E-state index is 11.0. The molecule has 0 saturated carbocycles. The molecule has 1 aromatic carbocycles. The summed E-state index contributed by atoms with van der Waals surface area (Å²) in [5, 5.41) is 10.6. The van der Waals surface area contributed by atoms with Crippen molar-refractivity contribution in [2.45, 2.75) is 18.8 Å². The van der Waals surface area contributed by atoms with Gasteiger partial charge in [0.2, 0.25) is 0 Å². The summed E-state index contributed by atoms with van der Waals surface area (Å²) in [6.07, 6.45) is 2.14. The van der Waals surface area contributed by atoms with Gasteiger partial charge in [-0.15, -0.1) is 0 Å². The predicted octanol–water partition coefficient (Wildman–Crippen LogP) is 3.89. The van der Waals surface area contributed by atoms with E-state index in [2.05, 4.69) is 9.97 Å². The zero-order chi connectivity index (χ0) is 16.0. The minimum Gasteiger partial charge on any atom is -0.465 e. The van der Waals surface area contributed by atoms with E-state index in [1.165, 1.54) is 11.2 Å². The number of nitrogens with zero attached hydrogens (tertiary/aromatic N) is 3. The molecule has 7 heteroatoms. The van der Waals surface area contributed by atoms with E-state index in [1.807, 2.05) is 12.1 Å². The average molecular weight is 332 g/mol. The molecular formula is C16H14ClN3O3. The van der Waals surface area contributed by atoms with E-state index in [4.69, 9.17) is 21.1 Å². The van der Waals surface area contributed by atoms with E-state index in [0.717, 1.165) is 35.0 Å². The quantitative estimate of drug-likeness (QED) is 0.731. The van der Waals surface area contributed by atoms with Crippen LogP contribution >= 0.6 is 11.6 Å². The van der Waals surface area contributed by atoms with Gasteiger partial charge in [-0.05, 0) is 31.0 Å². The summed E-state index contributed by atoms with van der Waals surface area (Å²) in [5.74, 6) is 0.173. The molecule has 1 saturated heterocycles. The lowest BCUT2D eigenvalue weighted by molar-refractivity contribution is 0.132. The van der Waals surface area contributed by atoms with E-state index >= 15 is 0 Å². The number of carboxylic acid groups (broad SMARTS) is 1. The molecule has 1 fully saturated rings. The van der Waals surface area contributed by atoms with Crippen molar-refractivity contribution in [2.24, 2.45) is 0 Å². The highest BCUT2D eigenvalue weighted by molar-refractivity contribution is 6.31. The number of benzene rings is 1. The molecule has 0 bridgehead atoms. The first kappa shape index (κ1) is 14.3. The lowest BCUT2D eigenvalue weighted by Crippen LogP contribution is -2.37. The maximum atomic E-state index is 11.0. The Hall–Kier alpha value is -2.34. The number of rotatable bonds is 1. The standard InChI is InChI=1S/C16H14ClN3O3/c17-10-1-2-12-11(7-10)14-15(23-12)13(18-8-19-14)9-3-5-20(6-4-9)16(21)22/h1-2,7-9H,3-6H2,(H,21,22). The van der Waals surface area contributed by atoms with Crippen molar-refractivity contribution < 1.29 is 14.3 Å². The predicted molar refractivity (Wildman–Crippen MR) is 85.9 cm³/mol. The van der Waals surface area contributed by atoms with Gasteiger partial charge in [-0.1, -0.05) is 11.6 Å². The Kier molecular flexibility index (Phi) is 3.34. The van der Waals surface area contributed by atoms with Gasteiger partial charge in [0, 0.05) is 29.4 Å². The molecule has 1 N–H and O–H groups in total. The van der Waals surface area contributed by atoms with Crippen LogP contribution in [0, 0.1) is 0 Å². The van der Waals surface area contributed by atoms with Crippen molar-refractivity contribution >= 4 is 39.8 Å². The van der Waals surface area contributed by atoms with Crippen molar-refractivity contribution in [1.29, 1.82) is 0 Å². The molecule has 0 atom stereocenters. The van der Waals surface area contributed by atoms with Crippen molar-refractivity contribution in [3.8, 4) is 0 Å². The number of aromatic nitrogens is 2. The van der Waals surface area contributed by atoms with Crippen LogP contribution in [-0.2, 0) is 0 Å². The van der Waals surface area contributed by atoms with E-state index in [9.17, 15) is 4.79 Å². The number of furan rings is 1. The van der Waals surface area contributed by atoms with Crippen LogP contribution in [0.15, 0.2) is 28.9 Å². The topological polar surface area (TPSA) is 79.5 Å². The Morgan fingerprint density at radius 2 is 2.09 bits per heavy atom. The number of fused-ring (bicyclic) bond motifs is 3. The van der Waals surface area contributed by atoms with Gasteiger partial charge in [-0.25, -0.2) is 14.8 Å². The molecule has 0 aliphatic carbocycles. The monoisotopic (exact) mass is 331 g/mol. The van der Waals surface area contributed by atoms with E-state index in [-0.39, 0.29) is 5.92 Å². The first-order valence-corrected chi connectivity index (χ1v) is 7.82. The highest BCUT2D eigenvalue weighted by Crippen LogP contribution is 2.36. The number of likely N-dealkylation sites (tertiary alicyclic amines) is 1. The number of piperidine rings is 1.